The molecule has 2 aromatic carbocycles. The number of benzene rings is 2. The van der Waals surface area contributed by atoms with Gasteiger partial charge < -0.3 is 5.11 Å². The van der Waals surface area contributed by atoms with Crippen LogP contribution in [0.4, 0.5) is 13.2 Å². The highest BCUT2D eigenvalue weighted by Gasteiger charge is 2.62. The summed E-state index contributed by atoms with van der Waals surface area (Å²) in [7, 11) is 1.24. The van der Waals surface area contributed by atoms with Crippen molar-refractivity contribution in [3.63, 3.8) is 0 Å². The fraction of sp³-hybridized carbons (Fsp3) is 0.263. The smallest absolute Gasteiger partial charge is 0.417 e. The van der Waals surface area contributed by atoms with Gasteiger partial charge in [0.15, 0.2) is 5.54 Å². The Kier molecular flexibility index (Phi) is 5.10. The molecular formula is C19H15Cl2F3N2O2. The van der Waals surface area contributed by atoms with Crippen LogP contribution in [0.2, 0.25) is 10.0 Å². The van der Waals surface area contributed by atoms with Gasteiger partial charge in [-0.05, 0) is 53.9 Å². The highest BCUT2D eigenvalue weighted by molar-refractivity contribution is 6.34. The monoisotopic (exact) mass is 430 g/mol. The van der Waals surface area contributed by atoms with E-state index in [0.29, 0.717) is 11.1 Å². The molecule has 1 N–H and O–H groups in total. The van der Waals surface area contributed by atoms with Gasteiger partial charge in [0.1, 0.15) is 0 Å². The number of halogens is 5. The minimum atomic E-state index is -4.67. The second kappa shape index (κ2) is 6.97. The Morgan fingerprint density at radius 2 is 1.79 bits per heavy atom. The number of hydrogen-bond donors (Lipinski definition) is 1. The van der Waals surface area contributed by atoms with Gasteiger partial charge in [-0.25, -0.2) is 4.79 Å². The molecule has 9 heteroatoms. The van der Waals surface area contributed by atoms with Crippen LogP contribution in [-0.4, -0.2) is 35.0 Å². The number of carboxylic acids is 1. The summed E-state index contributed by atoms with van der Waals surface area (Å²) < 4.78 is 42.8. The molecule has 1 aliphatic heterocycles. The Bertz CT molecular complexity index is 971. The maximum atomic E-state index is 14.3. The predicted octanol–water partition coefficient (Wildman–Crippen LogP) is 5.50. The number of nitrogens with zero attached hydrogens (tertiary/aromatic N) is 2. The van der Waals surface area contributed by atoms with Crippen LogP contribution < -0.4 is 0 Å². The zero-order valence-electron chi connectivity index (χ0n) is 14.8. The average Bonchev–Trinajstić information content (AvgIpc) is 2.92. The van der Waals surface area contributed by atoms with E-state index in [1.54, 1.807) is 6.92 Å². The third-order valence-corrected chi connectivity index (χ3v) is 5.28. The average molecular weight is 431 g/mol. The van der Waals surface area contributed by atoms with Crippen molar-refractivity contribution in [1.82, 2.24) is 5.01 Å². The number of alkyl halides is 3. The molecule has 0 amide bonds. The van der Waals surface area contributed by atoms with Crippen molar-refractivity contribution in [2.75, 3.05) is 7.05 Å². The molecule has 4 nitrogen and oxygen atoms in total. The molecule has 3 rings (SSSR count). The molecule has 1 aliphatic rings. The lowest BCUT2D eigenvalue weighted by molar-refractivity contribution is -0.227. The second-order valence-electron chi connectivity index (χ2n) is 6.60. The molecule has 0 radical (unpaired) electrons. The number of hydrogen-bond acceptors (Lipinski definition) is 3. The molecule has 0 fully saturated rings. The van der Waals surface area contributed by atoms with E-state index >= 15 is 0 Å². The van der Waals surface area contributed by atoms with Gasteiger partial charge in [-0.2, -0.15) is 18.3 Å². The number of carboxylic acid groups (broad SMARTS) is 1. The van der Waals surface area contributed by atoms with Crippen LogP contribution >= 0.6 is 23.2 Å². The lowest BCUT2D eigenvalue weighted by Crippen LogP contribution is -2.50. The number of carbonyl (C=O) groups is 1. The van der Waals surface area contributed by atoms with Gasteiger partial charge >= 0.3 is 12.1 Å². The summed E-state index contributed by atoms with van der Waals surface area (Å²) in [5.74, 6) is -1.10. The zero-order chi connectivity index (χ0) is 20.9. The molecule has 0 aliphatic carbocycles. The van der Waals surface area contributed by atoms with Crippen LogP contribution in [0.25, 0.3) is 0 Å². The molecular weight excluding hydrogens is 416 g/mol. The summed E-state index contributed by atoms with van der Waals surface area (Å²) in [6, 6.07) is 8.16. The molecule has 1 unspecified atom stereocenters. The van der Waals surface area contributed by atoms with Crippen LogP contribution in [0.15, 0.2) is 41.5 Å². The minimum absolute atomic E-state index is 0.0828. The molecule has 0 bridgehead atoms. The standard InChI is InChI=1S/C19H15Cl2F3N2O2/c1-10-5-11(3-4-15(10)17(27)28)16-9-18(19(22,23)24,26(2)25-16)12-6-13(20)8-14(21)7-12/h3-8H,9H2,1-2H3,(H,27,28). The first-order chi connectivity index (χ1) is 13.0. The zero-order valence-corrected chi connectivity index (χ0v) is 16.3. The van der Waals surface area contributed by atoms with Gasteiger partial charge in [-0.1, -0.05) is 29.3 Å². The lowest BCUT2D eigenvalue weighted by atomic mass is 9.83. The van der Waals surface area contributed by atoms with Crippen molar-refractivity contribution in [3.05, 3.63) is 68.7 Å². The summed E-state index contributed by atoms with van der Waals surface area (Å²) >= 11 is 11.9. The third-order valence-electron chi connectivity index (χ3n) is 4.85. The Morgan fingerprint density at radius 3 is 2.29 bits per heavy atom. The van der Waals surface area contributed by atoms with Gasteiger partial charge in [0.05, 0.1) is 11.3 Å². The van der Waals surface area contributed by atoms with Gasteiger partial charge in [-0.3, -0.25) is 5.01 Å². The summed E-state index contributed by atoms with van der Waals surface area (Å²) in [5, 5.41) is 14.3. The van der Waals surface area contributed by atoms with Gasteiger partial charge in [-0.15, -0.1) is 0 Å². The maximum Gasteiger partial charge on any atom is 0.417 e. The summed E-state index contributed by atoms with van der Waals surface area (Å²) in [6.45, 7) is 1.58. The normalized spacial score (nSPS) is 19.7. The molecule has 0 spiro atoms. The Morgan fingerprint density at radius 1 is 1.18 bits per heavy atom. The molecule has 2 aromatic rings. The highest BCUT2D eigenvalue weighted by Crippen LogP contribution is 2.50. The van der Waals surface area contributed by atoms with E-state index in [-0.39, 0.29) is 26.9 Å². The van der Waals surface area contributed by atoms with Crippen LogP contribution in [0.1, 0.15) is 33.5 Å². The molecule has 0 saturated heterocycles. The Balaban J connectivity index is 2.10. The van der Waals surface area contributed by atoms with Crippen molar-refractivity contribution in [1.29, 1.82) is 0 Å². The topological polar surface area (TPSA) is 52.9 Å². The van der Waals surface area contributed by atoms with Crippen LogP contribution in [0.3, 0.4) is 0 Å². The fourth-order valence-electron chi connectivity index (χ4n) is 3.43. The number of aromatic carboxylic acids is 1. The van der Waals surface area contributed by atoms with Crippen molar-refractivity contribution < 1.29 is 23.1 Å². The summed E-state index contributed by atoms with van der Waals surface area (Å²) in [5.41, 5.74) is -1.41. The predicted molar refractivity (Wildman–Crippen MR) is 101 cm³/mol. The fourth-order valence-corrected chi connectivity index (χ4v) is 3.96. The van der Waals surface area contributed by atoms with Crippen LogP contribution in [-0.2, 0) is 5.54 Å². The van der Waals surface area contributed by atoms with E-state index in [9.17, 15) is 18.0 Å². The number of hydrazone groups is 1. The Labute approximate surface area is 169 Å². The van der Waals surface area contributed by atoms with E-state index in [1.807, 2.05) is 0 Å². The second-order valence-corrected chi connectivity index (χ2v) is 7.47. The van der Waals surface area contributed by atoms with E-state index < -0.39 is 24.1 Å². The van der Waals surface area contributed by atoms with Gasteiger partial charge in [0.2, 0.25) is 0 Å². The highest BCUT2D eigenvalue weighted by atomic mass is 35.5. The molecule has 1 atom stereocenters. The van der Waals surface area contributed by atoms with E-state index in [1.165, 1.54) is 43.4 Å². The molecule has 28 heavy (non-hydrogen) atoms. The maximum absolute atomic E-state index is 14.3. The number of aryl methyl sites for hydroxylation is 1. The van der Waals surface area contributed by atoms with Crippen LogP contribution in [0, 0.1) is 6.92 Å². The first-order valence-electron chi connectivity index (χ1n) is 8.14. The summed E-state index contributed by atoms with van der Waals surface area (Å²) in [6.07, 6.45) is -5.13. The number of rotatable bonds is 3. The van der Waals surface area contributed by atoms with Crippen molar-refractivity contribution in [2.24, 2.45) is 5.10 Å². The first kappa shape index (κ1) is 20.5. The van der Waals surface area contributed by atoms with E-state index in [4.69, 9.17) is 28.3 Å². The molecule has 148 valence electrons. The third kappa shape index (κ3) is 3.33. The van der Waals surface area contributed by atoms with E-state index in [0.717, 1.165) is 5.01 Å². The molecule has 1 heterocycles. The summed E-state index contributed by atoms with van der Waals surface area (Å²) in [4.78, 5) is 11.2. The van der Waals surface area contributed by atoms with Crippen molar-refractivity contribution in [3.8, 4) is 0 Å². The molecule has 0 aromatic heterocycles. The quantitative estimate of drug-likeness (QED) is 0.699. The SMILES string of the molecule is Cc1cc(C2=NN(C)C(c3cc(Cl)cc(Cl)c3)(C(F)(F)F)C2)ccc1C(=O)O. The van der Waals surface area contributed by atoms with Crippen LogP contribution in [0.5, 0.6) is 0 Å². The van der Waals surface area contributed by atoms with Gasteiger partial charge in [0, 0.05) is 23.5 Å². The molecule has 0 saturated carbocycles. The lowest BCUT2D eigenvalue weighted by Gasteiger charge is -2.37. The van der Waals surface area contributed by atoms with Gasteiger partial charge in [0.25, 0.3) is 0 Å². The minimum Gasteiger partial charge on any atom is -0.478 e. The Hall–Kier alpha value is -2.25. The van der Waals surface area contributed by atoms with E-state index in [2.05, 4.69) is 5.10 Å². The van der Waals surface area contributed by atoms with Crippen molar-refractivity contribution >= 4 is 34.9 Å². The van der Waals surface area contributed by atoms with Crippen molar-refractivity contribution in [2.45, 2.75) is 25.1 Å². The first-order valence-corrected chi connectivity index (χ1v) is 8.90. The largest absolute Gasteiger partial charge is 0.478 e.